The number of aryl methyl sites for hydroxylation is 1. The second kappa shape index (κ2) is 12.3. The Balaban J connectivity index is 0.000000205. The third-order valence-electron chi connectivity index (χ3n) is 5.98. The number of anilines is 2. The van der Waals surface area contributed by atoms with Crippen molar-refractivity contribution in [3.05, 3.63) is 35.4 Å². The van der Waals surface area contributed by atoms with Crippen LogP contribution in [0.5, 0.6) is 23.0 Å². The number of benzene rings is 2. The minimum atomic E-state index is 0.0131. The zero-order valence-corrected chi connectivity index (χ0v) is 21.0. The predicted molar refractivity (Wildman–Crippen MR) is 133 cm³/mol. The number of phenols is 1. The van der Waals surface area contributed by atoms with Gasteiger partial charge in [-0.3, -0.25) is 14.4 Å². The van der Waals surface area contributed by atoms with Gasteiger partial charge < -0.3 is 33.9 Å². The molecule has 2 aromatic carbocycles. The number of hydrogen-bond acceptors (Lipinski definition) is 8. The highest BCUT2D eigenvalue weighted by Crippen LogP contribution is 2.37. The van der Waals surface area contributed by atoms with Gasteiger partial charge in [-0.2, -0.15) is 0 Å². The van der Waals surface area contributed by atoms with Crippen LogP contribution in [0.25, 0.3) is 0 Å². The summed E-state index contributed by atoms with van der Waals surface area (Å²) in [5.41, 5.74) is 2.50. The lowest BCUT2D eigenvalue weighted by Crippen LogP contribution is -2.24. The van der Waals surface area contributed by atoms with Gasteiger partial charge in [0, 0.05) is 56.5 Å². The molecular weight excluding hydrogens is 468 g/mol. The number of hydrogen-bond donors (Lipinski definition) is 1. The second-order valence-electron chi connectivity index (χ2n) is 8.35. The van der Waals surface area contributed by atoms with Crippen LogP contribution in [0.15, 0.2) is 24.3 Å². The molecule has 0 radical (unpaired) electrons. The molecular formula is C26H32N2O8. The quantitative estimate of drug-likeness (QED) is 0.433. The number of rotatable bonds is 8. The zero-order chi connectivity index (χ0) is 26.2. The van der Waals surface area contributed by atoms with Crippen molar-refractivity contribution in [1.82, 2.24) is 0 Å². The van der Waals surface area contributed by atoms with Crippen molar-refractivity contribution in [3.8, 4) is 23.0 Å². The molecule has 194 valence electrons. The fourth-order valence-electron chi connectivity index (χ4n) is 4.16. The van der Waals surface area contributed by atoms with Gasteiger partial charge >= 0.3 is 0 Å². The number of aldehydes is 1. The van der Waals surface area contributed by atoms with Gasteiger partial charge in [-0.05, 0) is 37.5 Å². The molecule has 0 spiro atoms. The summed E-state index contributed by atoms with van der Waals surface area (Å²) in [5.74, 6) is 1.45. The Morgan fingerprint density at radius 2 is 1.44 bits per heavy atom. The third kappa shape index (κ3) is 5.88. The van der Waals surface area contributed by atoms with Gasteiger partial charge in [-0.25, -0.2) is 0 Å². The minimum absolute atomic E-state index is 0.0131. The van der Waals surface area contributed by atoms with Crippen molar-refractivity contribution in [2.45, 2.75) is 32.6 Å². The smallest absolute Gasteiger partial charge is 0.227 e. The molecule has 1 N–H and O–H groups in total. The molecule has 36 heavy (non-hydrogen) atoms. The van der Waals surface area contributed by atoms with Crippen LogP contribution in [0.2, 0.25) is 0 Å². The van der Waals surface area contributed by atoms with Crippen molar-refractivity contribution in [2.24, 2.45) is 0 Å². The standard InChI is InChI=1S/C14H17NO5.C12H15NO3/c1-18-9-20-14-10(8-16)6-11(7-12(14)19-2)15-5-3-4-13(15)17;1-8-6-9(7-10(16-2)12(8)15)13-5-3-4-11(13)14/h6-8H,3-5,9H2,1-2H3;6-7,15H,3-5H2,1-2H3. The lowest BCUT2D eigenvalue weighted by molar-refractivity contribution is -0.117. The summed E-state index contributed by atoms with van der Waals surface area (Å²) in [6.45, 7) is 3.20. The molecule has 2 saturated heterocycles. The van der Waals surface area contributed by atoms with Gasteiger partial charge in [0.2, 0.25) is 11.8 Å². The SMILES string of the molecule is COCOc1c(C=O)cc(N2CCCC2=O)cc1OC.COc1cc(N2CCCC2=O)cc(C)c1O. The summed E-state index contributed by atoms with van der Waals surface area (Å²) in [7, 11) is 4.48. The number of ether oxygens (including phenoxy) is 4. The average molecular weight is 501 g/mol. The Labute approximate surface area is 210 Å². The highest BCUT2D eigenvalue weighted by molar-refractivity contribution is 5.97. The van der Waals surface area contributed by atoms with E-state index in [0.29, 0.717) is 59.7 Å². The molecule has 10 heteroatoms. The topological polar surface area (TPSA) is 115 Å². The number of carbonyl (C=O) groups excluding carboxylic acids is 3. The van der Waals surface area contributed by atoms with E-state index in [1.807, 2.05) is 0 Å². The monoisotopic (exact) mass is 500 g/mol. The van der Waals surface area contributed by atoms with E-state index < -0.39 is 0 Å². The maximum absolute atomic E-state index is 11.8. The molecule has 2 amide bonds. The van der Waals surface area contributed by atoms with Crippen LogP contribution < -0.4 is 24.0 Å². The highest BCUT2D eigenvalue weighted by atomic mass is 16.7. The van der Waals surface area contributed by atoms with Crippen LogP contribution in [-0.4, -0.2) is 64.4 Å². The van der Waals surface area contributed by atoms with Crippen LogP contribution in [0, 0.1) is 6.92 Å². The van der Waals surface area contributed by atoms with Gasteiger partial charge in [0.1, 0.15) is 0 Å². The number of aromatic hydroxyl groups is 1. The van der Waals surface area contributed by atoms with E-state index in [1.165, 1.54) is 21.3 Å². The second-order valence-corrected chi connectivity index (χ2v) is 8.35. The van der Waals surface area contributed by atoms with Crippen LogP contribution in [0.3, 0.4) is 0 Å². The molecule has 2 aliphatic rings. The normalized spacial score (nSPS) is 15.0. The Bertz CT molecular complexity index is 1120. The molecule has 0 atom stereocenters. The van der Waals surface area contributed by atoms with Gasteiger partial charge in [0.25, 0.3) is 0 Å². The first-order chi connectivity index (χ1) is 17.3. The van der Waals surface area contributed by atoms with E-state index in [-0.39, 0.29) is 24.4 Å². The number of methoxy groups -OCH3 is 3. The maximum Gasteiger partial charge on any atom is 0.227 e. The summed E-state index contributed by atoms with van der Waals surface area (Å²) < 4.78 is 20.5. The van der Waals surface area contributed by atoms with Crippen molar-refractivity contribution < 1.29 is 38.4 Å². The van der Waals surface area contributed by atoms with Crippen molar-refractivity contribution in [2.75, 3.05) is 51.0 Å². The van der Waals surface area contributed by atoms with Crippen molar-refractivity contribution in [1.29, 1.82) is 0 Å². The third-order valence-corrected chi connectivity index (χ3v) is 5.98. The molecule has 0 aromatic heterocycles. The van der Waals surface area contributed by atoms with Crippen molar-refractivity contribution in [3.63, 3.8) is 0 Å². The van der Waals surface area contributed by atoms with Gasteiger partial charge in [0.05, 0.1) is 19.8 Å². The first kappa shape index (κ1) is 26.8. The van der Waals surface area contributed by atoms with Crippen molar-refractivity contribution >= 4 is 29.5 Å². The number of phenolic OH excluding ortho intramolecular Hbond substituents is 1. The van der Waals surface area contributed by atoms with E-state index in [4.69, 9.17) is 18.9 Å². The van der Waals surface area contributed by atoms with Gasteiger partial charge in [-0.15, -0.1) is 0 Å². The molecule has 2 aliphatic heterocycles. The Kier molecular flexibility index (Phi) is 9.13. The largest absolute Gasteiger partial charge is 0.504 e. The number of amides is 2. The first-order valence-electron chi connectivity index (χ1n) is 11.6. The Morgan fingerprint density at radius 1 is 0.889 bits per heavy atom. The highest BCUT2D eigenvalue weighted by Gasteiger charge is 2.25. The molecule has 2 aromatic rings. The summed E-state index contributed by atoms with van der Waals surface area (Å²) in [6, 6.07) is 6.83. The fourth-order valence-corrected chi connectivity index (χ4v) is 4.16. The number of nitrogens with zero attached hydrogens (tertiary/aromatic N) is 2. The Hall–Kier alpha value is -3.79. The van der Waals surface area contributed by atoms with Crippen LogP contribution in [-0.2, 0) is 14.3 Å². The molecule has 10 nitrogen and oxygen atoms in total. The maximum atomic E-state index is 11.8. The van der Waals surface area contributed by atoms with Crippen LogP contribution in [0.1, 0.15) is 41.6 Å². The van der Waals surface area contributed by atoms with Gasteiger partial charge in [0.15, 0.2) is 36.1 Å². The lowest BCUT2D eigenvalue weighted by Gasteiger charge is -2.19. The summed E-state index contributed by atoms with van der Waals surface area (Å²) in [5, 5.41) is 9.70. The van der Waals surface area contributed by atoms with E-state index in [0.717, 1.165) is 25.1 Å². The summed E-state index contributed by atoms with van der Waals surface area (Å²) in [4.78, 5) is 38.0. The molecule has 2 heterocycles. The van der Waals surface area contributed by atoms with E-state index in [9.17, 15) is 19.5 Å². The van der Waals surface area contributed by atoms with E-state index in [1.54, 1.807) is 41.0 Å². The van der Waals surface area contributed by atoms with Gasteiger partial charge in [-0.1, -0.05) is 0 Å². The molecule has 0 bridgehead atoms. The number of carbonyl (C=O) groups is 3. The zero-order valence-electron chi connectivity index (χ0n) is 21.0. The van der Waals surface area contributed by atoms with E-state index in [2.05, 4.69) is 0 Å². The Morgan fingerprint density at radius 3 is 1.92 bits per heavy atom. The molecule has 0 saturated carbocycles. The average Bonchev–Trinajstić information content (AvgIpc) is 3.52. The predicted octanol–water partition coefficient (Wildman–Crippen LogP) is 3.45. The molecule has 2 fully saturated rings. The molecule has 0 unspecified atom stereocenters. The minimum Gasteiger partial charge on any atom is -0.504 e. The summed E-state index contributed by atoms with van der Waals surface area (Å²) >= 11 is 0. The fraction of sp³-hybridized carbons (Fsp3) is 0.423. The first-order valence-corrected chi connectivity index (χ1v) is 11.6. The van der Waals surface area contributed by atoms with Crippen LogP contribution >= 0.6 is 0 Å². The lowest BCUT2D eigenvalue weighted by atomic mass is 10.1. The van der Waals surface area contributed by atoms with E-state index >= 15 is 0 Å². The summed E-state index contributed by atoms with van der Waals surface area (Å²) in [6.07, 6.45) is 3.51. The molecule has 4 rings (SSSR count). The van der Waals surface area contributed by atoms with Crippen LogP contribution in [0.4, 0.5) is 11.4 Å². The molecule has 0 aliphatic carbocycles.